The van der Waals surface area contributed by atoms with E-state index in [-0.39, 0.29) is 18.8 Å². The molecule has 30 heavy (non-hydrogen) atoms. The van der Waals surface area contributed by atoms with E-state index in [1.165, 1.54) is 0 Å². The standard InChI is InChI=1S/C22H30F3NO4/c1-14(2)11-18(26-20(29)30-21(3,4)5)17(22(23,24)25)13-16(19(27)28)12-15-9-7-6-8-10-15/h6-10,13-14,16,18H,11-12H2,1-5H3,(H,26,29)(H,27,28)/b17-13+/t16-,18-/m0/s1. The van der Waals surface area contributed by atoms with Crippen molar-refractivity contribution in [3.8, 4) is 0 Å². The van der Waals surface area contributed by atoms with E-state index in [0.29, 0.717) is 11.6 Å². The number of aliphatic carboxylic acids is 1. The molecule has 1 aromatic carbocycles. The summed E-state index contributed by atoms with van der Waals surface area (Å²) in [6.45, 7) is 8.24. The second-order valence-electron chi connectivity index (χ2n) is 8.58. The van der Waals surface area contributed by atoms with Crippen LogP contribution in [-0.2, 0) is 16.0 Å². The van der Waals surface area contributed by atoms with E-state index < -0.39 is 41.4 Å². The average Bonchev–Trinajstić information content (AvgIpc) is 2.55. The second kappa shape index (κ2) is 10.5. The highest BCUT2D eigenvalue weighted by atomic mass is 19.4. The van der Waals surface area contributed by atoms with Crippen LogP contribution in [0, 0.1) is 11.8 Å². The summed E-state index contributed by atoms with van der Waals surface area (Å²) in [5.74, 6) is -2.96. The minimum Gasteiger partial charge on any atom is -0.481 e. The van der Waals surface area contributed by atoms with Crippen LogP contribution in [0.4, 0.5) is 18.0 Å². The molecule has 1 rings (SSSR count). The molecule has 168 valence electrons. The molecule has 0 bridgehead atoms. The van der Waals surface area contributed by atoms with Crippen molar-refractivity contribution in [1.29, 1.82) is 0 Å². The van der Waals surface area contributed by atoms with E-state index in [2.05, 4.69) is 5.32 Å². The molecule has 5 nitrogen and oxygen atoms in total. The number of alkyl carbamates (subject to hydrolysis) is 1. The first-order chi connectivity index (χ1) is 13.7. The summed E-state index contributed by atoms with van der Waals surface area (Å²) >= 11 is 0. The lowest BCUT2D eigenvalue weighted by Crippen LogP contribution is -2.44. The largest absolute Gasteiger partial charge is 0.481 e. The highest BCUT2D eigenvalue weighted by Gasteiger charge is 2.41. The van der Waals surface area contributed by atoms with Crippen molar-refractivity contribution in [3.63, 3.8) is 0 Å². The topological polar surface area (TPSA) is 75.6 Å². The number of amides is 1. The Hall–Kier alpha value is -2.51. The summed E-state index contributed by atoms with van der Waals surface area (Å²) < 4.78 is 46.9. The van der Waals surface area contributed by atoms with Gasteiger partial charge in [-0.25, -0.2) is 4.79 Å². The lowest BCUT2D eigenvalue weighted by molar-refractivity contribution is -0.140. The molecule has 2 N–H and O–H groups in total. The van der Waals surface area contributed by atoms with Gasteiger partial charge >= 0.3 is 18.2 Å². The molecular weight excluding hydrogens is 399 g/mol. The molecule has 8 heteroatoms. The summed E-state index contributed by atoms with van der Waals surface area (Å²) in [4.78, 5) is 23.8. The Morgan fingerprint density at radius 1 is 1.13 bits per heavy atom. The number of alkyl halides is 3. The monoisotopic (exact) mass is 429 g/mol. The predicted molar refractivity (Wildman–Crippen MR) is 108 cm³/mol. The summed E-state index contributed by atoms with van der Waals surface area (Å²) in [5, 5.41) is 11.8. The quantitative estimate of drug-likeness (QED) is 0.546. The van der Waals surface area contributed by atoms with Crippen LogP contribution < -0.4 is 5.32 Å². The van der Waals surface area contributed by atoms with Crippen LogP contribution >= 0.6 is 0 Å². The number of ether oxygens (including phenoxy) is 1. The van der Waals surface area contributed by atoms with Crippen molar-refractivity contribution in [2.24, 2.45) is 11.8 Å². The van der Waals surface area contributed by atoms with Gasteiger partial charge in [-0.1, -0.05) is 50.3 Å². The van der Waals surface area contributed by atoms with Crippen molar-refractivity contribution in [2.45, 2.75) is 65.3 Å². The number of rotatable bonds is 8. The third-order valence-corrected chi connectivity index (χ3v) is 4.10. The molecule has 0 fully saturated rings. The molecule has 0 aromatic heterocycles. The van der Waals surface area contributed by atoms with Gasteiger partial charge in [0.1, 0.15) is 5.60 Å². The second-order valence-corrected chi connectivity index (χ2v) is 8.58. The maximum absolute atomic E-state index is 13.9. The first-order valence-corrected chi connectivity index (χ1v) is 9.74. The molecule has 2 atom stereocenters. The molecule has 0 aliphatic rings. The maximum atomic E-state index is 13.9. The Balaban J connectivity index is 3.30. The maximum Gasteiger partial charge on any atom is 0.414 e. The number of carboxylic acid groups (broad SMARTS) is 1. The molecule has 1 aromatic rings. The van der Waals surface area contributed by atoms with Crippen molar-refractivity contribution in [3.05, 3.63) is 47.5 Å². The Labute approximate surface area is 175 Å². The molecule has 0 unspecified atom stereocenters. The van der Waals surface area contributed by atoms with Gasteiger partial charge in [-0.05, 0) is 45.1 Å². The first kappa shape index (κ1) is 25.5. The van der Waals surface area contributed by atoms with E-state index >= 15 is 0 Å². The Morgan fingerprint density at radius 3 is 2.13 bits per heavy atom. The summed E-state index contributed by atoms with van der Waals surface area (Å²) in [6, 6.07) is 6.99. The fourth-order valence-corrected chi connectivity index (χ4v) is 2.90. The first-order valence-electron chi connectivity index (χ1n) is 9.74. The third-order valence-electron chi connectivity index (χ3n) is 4.10. The van der Waals surface area contributed by atoms with Gasteiger partial charge in [-0.2, -0.15) is 13.2 Å². The van der Waals surface area contributed by atoms with Crippen LogP contribution in [0.15, 0.2) is 42.0 Å². The van der Waals surface area contributed by atoms with Crippen LogP contribution in [0.3, 0.4) is 0 Å². The summed E-state index contributed by atoms with van der Waals surface area (Å²) in [5.41, 5.74) is -1.38. The van der Waals surface area contributed by atoms with Crippen molar-refractivity contribution in [2.75, 3.05) is 0 Å². The smallest absolute Gasteiger partial charge is 0.414 e. The molecular formula is C22H30F3NO4. The van der Waals surface area contributed by atoms with Crippen molar-refractivity contribution < 1.29 is 32.6 Å². The highest BCUT2D eigenvalue weighted by molar-refractivity contribution is 5.73. The fourth-order valence-electron chi connectivity index (χ4n) is 2.90. The Kier molecular flexibility index (Phi) is 8.93. The van der Waals surface area contributed by atoms with Gasteiger partial charge in [0, 0.05) is 0 Å². The Morgan fingerprint density at radius 2 is 1.70 bits per heavy atom. The number of carbonyl (C=O) groups is 2. The van der Waals surface area contributed by atoms with E-state index in [1.807, 2.05) is 0 Å². The minimum absolute atomic E-state index is 0.0255. The van der Waals surface area contributed by atoms with E-state index in [0.717, 1.165) is 0 Å². The molecule has 0 aliphatic heterocycles. The number of nitrogens with one attached hydrogen (secondary N) is 1. The molecule has 1 amide bonds. The molecule has 0 heterocycles. The molecule has 0 aliphatic carbocycles. The van der Waals surface area contributed by atoms with Crippen LogP contribution in [0.25, 0.3) is 0 Å². The SMILES string of the molecule is CC(C)C[C@H](NC(=O)OC(C)(C)C)/C(=C\[C@H](Cc1ccccc1)C(=O)O)C(F)(F)F. The predicted octanol–water partition coefficient (Wildman–Crippen LogP) is 5.36. The van der Waals surface area contributed by atoms with Gasteiger partial charge in [0.15, 0.2) is 0 Å². The molecule has 0 saturated heterocycles. The van der Waals surface area contributed by atoms with Gasteiger partial charge in [0.2, 0.25) is 0 Å². The summed E-state index contributed by atoms with van der Waals surface area (Å²) in [6.07, 6.45) is -5.23. The highest BCUT2D eigenvalue weighted by Crippen LogP contribution is 2.32. The fraction of sp³-hybridized carbons (Fsp3) is 0.545. The van der Waals surface area contributed by atoms with Crippen LogP contribution in [0.2, 0.25) is 0 Å². The number of halogens is 3. The van der Waals surface area contributed by atoms with Gasteiger partial charge in [-0.15, -0.1) is 0 Å². The van der Waals surface area contributed by atoms with Crippen molar-refractivity contribution in [1.82, 2.24) is 5.32 Å². The van der Waals surface area contributed by atoms with Gasteiger partial charge in [0.25, 0.3) is 0 Å². The van der Waals surface area contributed by atoms with E-state index in [4.69, 9.17) is 4.74 Å². The number of hydrogen-bond acceptors (Lipinski definition) is 3. The van der Waals surface area contributed by atoms with E-state index in [9.17, 15) is 27.9 Å². The van der Waals surface area contributed by atoms with Gasteiger partial charge < -0.3 is 15.2 Å². The van der Waals surface area contributed by atoms with Gasteiger partial charge in [-0.3, -0.25) is 4.79 Å². The zero-order chi connectivity index (χ0) is 23.1. The van der Waals surface area contributed by atoms with Crippen molar-refractivity contribution >= 4 is 12.1 Å². The van der Waals surface area contributed by atoms with E-state index in [1.54, 1.807) is 65.0 Å². The number of hydrogen-bond donors (Lipinski definition) is 2. The lowest BCUT2D eigenvalue weighted by Gasteiger charge is -2.28. The number of benzene rings is 1. The van der Waals surface area contributed by atoms with Crippen LogP contribution in [0.5, 0.6) is 0 Å². The normalized spacial score (nSPS) is 14.9. The minimum atomic E-state index is -4.82. The molecule has 0 spiro atoms. The molecule has 0 radical (unpaired) electrons. The summed E-state index contributed by atoms with van der Waals surface area (Å²) in [7, 11) is 0. The van der Waals surface area contributed by atoms with Crippen LogP contribution in [0.1, 0.15) is 46.6 Å². The zero-order valence-corrected chi connectivity index (χ0v) is 17.9. The number of carbonyl (C=O) groups excluding carboxylic acids is 1. The Bertz CT molecular complexity index is 737. The van der Waals surface area contributed by atoms with Crippen LogP contribution in [-0.4, -0.2) is 35.0 Å². The number of carboxylic acids is 1. The zero-order valence-electron chi connectivity index (χ0n) is 17.9. The average molecular weight is 429 g/mol. The third kappa shape index (κ3) is 9.33. The van der Waals surface area contributed by atoms with Gasteiger partial charge in [0.05, 0.1) is 17.5 Å². The molecule has 0 saturated carbocycles. The lowest BCUT2D eigenvalue weighted by atomic mass is 9.91.